The van der Waals surface area contributed by atoms with E-state index in [9.17, 15) is 14.7 Å². The van der Waals surface area contributed by atoms with Gasteiger partial charge in [0.15, 0.2) is 0 Å². The van der Waals surface area contributed by atoms with E-state index in [0.717, 1.165) is 25.2 Å². The van der Waals surface area contributed by atoms with Crippen LogP contribution in [-0.4, -0.2) is 103 Å². The van der Waals surface area contributed by atoms with Crippen LogP contribution in [0.5, 0.6) is 5.75 Å². The summed E-state index contributed by atoms with van der Waals surface area (Å²) in [5.41, 5.74) is 4.96. The molecule has 9 nitrogen and oxygen atoms in total. The number of ether oxygens (including phenoxy) is 2. The summed E-state index contributed by atoms with van der Waals surface area (Å²) in [6, 6.07) is 24.3. The van der Waals surface area contributed by atoms with Gasteiger partial charge in [-0.1, -0.05) is 61.5 Å². The van der Waals surface area contributed by atoms with Crippen molar-refractivity contribution in [1.82, 2.24) is 14.7 Å². The average Bonchev–Trinajstić information content (AvgIpc) is 3.11. The van der Waals surface area contributed by atoms with Crippen molar-refractivity contribution in [2.75, 3.05) is 64.9 Å². The first kappa shape index (κ1) is 33.6. The summed E-state index contributed by atoms with van der Waals surface area (Å²) in [7, 11) is 2.09. The average molecular weight is 629 g/mol. The van der Waals surface area contributed by atoms with Crippen LogP contribution in [0.25, 0.3) is 11.1 Å². The maximum Gasteiger partial charge on any atom is 0.227 e. The molecule has 2 aliphatic rings. The van der Waals surface area contributed by atoms with Gasteiger partial charge in [-0.3, -0.25) is 19.4 Å². The van der Waals surface area contributed by atoms with Crippen molar-refractivity contribution in [3.05, 3.63) is 83.9 Å². The minimum absolute atomic E-state index is 0.00590. The number of likely N-dealkylation sites (N-methyl/N-ethyl adjacent to an activating group) is 1. The van der Waals surface area contributed by atoms with Crippen LogP contribution >= 0.6 is 0 Å². The van der Waals surface area contributed by atoms with Crippen molar-refractivity contribution < 1.29 is 24.2 Å². The van der Waals surface area contributed by atoms with Crippen molar-refractivity contribution in [3.8, 4) is 16.9 Å². The van der Waals surface area contributed by atoms with Crippen LogP contribution in [0.1, 0.15) is 31.4 Å². The molecule has 1 fully saturated rings. The number of fused-ring (bicyclic) bond motifs is 1. The third-order valence-corrected chi connectivity index (χ3v) is 8.96. The molecular weight excluding hydrogens is 580 g/mol. The predicted octanol–water partition coefficient (Wildman–Crippen LogP) is 4.30. The monoisotopic (exact) mass is 628 g/mol. The van der Waals surface area contributed by atoms with Gasteiger partial charge in [0, 0.05) is 62.9 Å². The van der Waals surface area contributed by atoms with Crippen molar-refractivity contribution in [2.24, 2.45) is 5.92 Å². The number of anilines is 1. The lowest BCUT2D eigenvalue weighted by Crippen LogP contribution is -2.47. The number of carbonyl (C=O) groups excluding carboxylic acids is 2. The van der Waals surface area contributed by atoms with Crippen molar-refractivity contribution in [1.29, 1.82) is 0 Å². The highest BCUT2D eigenvalue weighted by molar-refractivity contribution is 5.91. The number of aliphatic hydroxyl groups is 1. The Balaban J connectivity index is 1.29. The molecule has 5 rings (SSSR count). The minimum atomic E-state index is -0.318. The van der Waals surface area contributed by atoms with E-state index >= 15 is 0 Å². The Kier molecular flexibility index (Phi) is 11.8. The molecule has 0 bridgehead atoms. The molecule has 246 valence electrons. The maximum absolute atomic E-state index is 13.6. The summed E-state index contributed by atoms with van der Waals surface area (Å²) < 4.78 is 12.1. The zero-order valence-electron chi connectivity index (χ0n) is 27.4. The summed E-state index contributed by atoms with van der Waals surface area (Å²) in [5, 5.41) is 13.0. The maximum atomic E-state index is 13.6. The van der Waals surface area contributed by atoms with Gasteiger partial charge < -0.3 is 24.8 Å². The van der Waals surface area contributed by atoms with Gasteiger partial charge >= 0.3 is 0 Å². The smallest absolute Gasteiger partial charge is 0.227 e. The number of carbonyl (C=O) groups is 2. The van der Waals surface area contributed by atoms with E-state index in [1.165, 1.54) is 16.7 Å². The summed E-state index contributed by atoms with van der Waals surface area (Å²) in [5.74, 6) is 0.519. The molecule has 1 saturated heterocycles. The van der Waals surface area contributed by atoms with Gasteiger partial charge in [-0.2, -0.15) is 0 Å². The van der Waals surface area contributed by atoms with Crippen LogP contribution < -0.4 is 10.1 Å². The minimum Gasteiger partial charge on any atom is -0.488 e. The molecule has 2 heterocycles. The number of hydrogen-bond acceptors (Lipinski definition) is 7. The SMILES string of the molecule is C[C@H]1CN([C@@H](C)CO)C(=O)Cc2cc(NC(=O)CCN3CCOCC3)ccc2O[C@@H]1CN(C)Cc1ccc(-c2ccccc2)cc1. The van der Waals surface area contributed by atoms with Crippen LogP contribution in [0.2, 0.25) is 0 Å². The second-order valence-electron chi connectivity index (χ2n) is 12.7. The summed E-state index contributed by atoms with van der Waals surface area (Å²) in [4.78, 5) is 32.6. The van der Waals surface area contributed by atoms with Crippen LogP contribution in [-0.2, 0) is 27.3 Å². The van der Waals surface area contributed by atoms with Crippen molar-refractivity contribution >= 4 is 17.5 Å². The van der Waals surface area contributed by atoms with Gasteiger partial charge in [0.05, 0.1) is 32.3 Å². The Morgan fingerprint density at radius 3 is 2.48 bits per heavy atom. The van der Waals surface area contributed by atoms with Gasteiger partial charge in [0.25, 0.3) is 0 Å². The molecule has 0 radical (unpaired) electrons. The first-order chi connectivity index (χ1) is 22.3. The molecule has 3 aromatic carbocycles. The topological polar surface area (TPSA) is 94.6 Å². The fourth-order valence-electron chi connectivity index (χ4n) is 6.15. The lowest BCUT2D eigenvalue weighted by atomic mass is 10.0. The fourth-order valence-corrected chi connectivity index (χ4v) is 6.15. The van der Waals surface area contributed by atoms with E-state index in [1.807, 2.05) is 43.3 Å². The second-order valence-corrected chi connectivity index (χ2v) is 12.7. The molecule has 0 saturated carbocycles. The zero-order chi connectivity index (χ0) is 32.5. The standard InChI is InChI=1S/C37H48N4O5/c1-27-23-41(28(2)26-42)37(44)22-32-21-33(38-36(43)15-16-40-17-19-45-20-18-40)13-14-34(32)46-35(27)25-39(3)24-29-9-11-31(12-10-29)30-7-5-4-6-8-30/h4-14,21,27-28,35,42H,15-20,22-26H2,1-3H3,(H,38,43)/t27-,28-,35+/m0/s1. The predicted molar refractivity (Wildman–Crippen MR) is 181 cm³/mol. The summed E-state index contributed by atoms with van der Waals surface area (Å²) >= 11 is 0. The highest BCUT2D eigenvalue weighted by Crippen LogP contribution is 2.29. The molecule has 0 aliphatic carbocycles. The molecule has 0 spiro atoms. The van der Waals surface area contributed by atoms with E-state index in [-0.39, 0.29) is 42.9 Å². The molecule has 0 unspecified atom stereocenters. The van der Waals surface area contributed by atoms with Gasteiger partial charge in [-0.25, -0.2) is 0 Å². The van der Waals surface area contributed by atoms with Gasteiger partial charge in [-0.15, -0.1) is 0 Å². The van der Waals surface area contributed by atoms with E-state index in [2.05, 4.69) is 65.5 Å². The Morgan fingerprint density at radius 1 is 1.04 bits per heavy atom. The van der Waals surface area contributed by atoms with Crippen molar-refractivity contribution in [3.63, 3.8) is 0 Å². The summed E-state index contributed by atoms with van der Waals surface area (Å²) in [6.45, 7) is 9.48. The number of nitrogens with one attached hydrogen (secondary N) is 1. The molecule has 3 atom stereocenters. The Morgan fingerprint density at radius 2 is 1.76 bits per heavy atom. The second kappa shape index (κ2) is 16.2. The zero-order valence-corrected chi connectivity index (χ0v) is 27.4. The number of rotatable bonds is 11. The Bertz CT molecular complexity index is 1430. The number of benzene rings is 3. The molecule has 2 N–H and O–H groups in total. The largest absolute Gasteiger partial charge is 0.488 e. The number of hydrogen-bond donors (Lipinski definition) is 2. The quantitative estimate of drug-likeness (QED) is 0.327. The number of amides is 2. The van der Waals surface area contributed by atoms with E-state index < -0.39 is 0 Å². The summed E-state index contributed by atoms with van der Waals surface area (Å²) in [6.07, 6.45) is 0.302. The van der Waals surface area contributed by atoms with Crippen LogP contribution in [0.3, 0.4) is 0 Å². The highest BCUT2D eigenvalue weighted by atomic mass is 16.5. The number of aliphatic hydroxyl groups excluding tert-OH is 1. The first-order valence-electron chi connectivity index (χ1n) is 16.4. The van der Waals surface area contributed by atoms with Crippen LogP contribution in [0.15, 0.2) is 72.8 Å². The number of morpholine rings is 1. The van der Waals surface area contributed by atoms with Crippen molar-refractivity contribution in [2.45, 2.75) is 45.4 Å². The molecular formula is C37H48N4O5. The van der Waals surface area contributed by atoms with Crippen LogP contribution in [0, 0.1) is 5.92 Å². The Hall–Kier alpha value is -3.76. The van der Waals surface area contributed by atoms with Gasteiger partial charge in [0.1, 0.15) is 11.9 Å². The number of nitrogens with zero attached hydrogens (tertiary/aromatic N) is 3. The lowest BCUT2D eigenvalue weighted by Gasteiger charge is -2.34. The third-order valence-electron chi connectivity index (χ3n) is 8.96. The first-order valence-corrected chi connectivity index (χ1v) is 16.4. The lowest BCUT2D eigenvalue weighted by molar-refractivity contribution is -0.134. The molecule has 2 aliphatic heterocycles. The Labute approximate surface area is 273 Å². The van der Waals surface area contributed by atoms with E-state index in [0.29, 0.717) is 50.7 Å². The van der Waals surface area contributed by atoms with E-state index in [1.54, 1.807) is 4.90 Å². The molecule has 0 aromatic heterocycles. The normalized spacial score (nSPS) is 19.8. The highest BCUT2D eigenvalue weighted by Gasteiger charge is 2.31. The van der Waals surface area contributed by atoms with Gasteiger partial charge in [-0.05, 0) is 48.9 Å². The molecule has 9 heteroatoms. The third kappa shape index (κ3) is 9.16. The molecule has 46 heavy (non-hydrogen) atoms. The van der Waals surface area contributed by atoms with E-state index in [4.69, 9.17) is 9.47 Å². The van der Waals surface area contributed by atoms with Gasteiger partial charge in [0.2, 0.25) is 11.8 Å². The molecule has 2 amide bonds. The molecule has 3 aromatic rings. The van der Waals surface area contributed by atoms with Crippen LogP contribution in [0.4, 0.5) is 5.69 Å². The fraction of sp³-hybridized carbons (Fsp3) is 0.459.